The lowest BCUT2D eigenvalue weighted by molar-refractivity contribution is 0.0563. The Bertz CT molecular complexity index is 563. The van der Waals surface area contributed by atoms with Gasteiger partial charge in [-0.05, 0) is 36.2 Å². The summed E-state index contributed by atoms with van der Waals surface area (Å²) in [5.74, 6) is 0.452. The van der Waals surface area contributed by atoms with E-state index in [-0.39, 0.29) is 5.76 Å². The fraction of sp³-hybridized carbons (Fsp3) is 0.286. The zero-order valence-corrected chi connectivity index (χ0v) is 11.0. The van der Waals surface area contributed by atoms with E-state index in [1.807, 2.05) is 19.2 Å². The Balaban J connectivity index is 1.88. The van der Waals surface area contributed by atoms with E-state index in [1.165, 1.54) is 12.7 Å². The van der Waals surface area contributed by atoms with Crippen molar-refractivity contribution in [1.29, 1.82) is 0 Å². The normalized spacial score (nSPS) is 10.4. The van der Waals surface area contributed by atoms with Crippen molar-refractivity contribution in [2.45, 2.75) is 20.0 Å². The number of hydrogen-bond acceptors (Lipinski definition) is 5. The van der Waals surface area contributed by atoms with Gasteiger partial charge in [-0.15, -0.1) is 0 Å². The maximum absolute atomic E-state index is 11.2. The van der Waals surface area contributed by atoms with Gasteiger partial charge in [0.05, 0.1) is 13.7 Å². The molecule has 0 radical (unpaired) electrons. The zero-order chi connectivity index (χ0) is 13.7. The van der Waals surface area contributed by atoms with Crippen molar-refractivity contribution in [1.82, 2.24) is 10.3 Å². The molecule has 0 saturated carbocycles. The Morgan fingerprint density at radius 3 is 2.95 bits per heavy atom. The first-order valence-corrected chi connectivity index (χ1v) is 5.98. The van der Waals surface area contributed by atoms with E-state index in [0.29, 0.717) is 18.8 Å². The Hall–Kier alpha value is -2.14. The molecule has 2 heterocycles. The Morgan fingerprint density at radius 1 is 1.37 bits per heavy atom. The summed E-state index contributed by atoms with van der Waals surface area (Å²) < 4.78 is 9.93. The molecule has 0 unspecified atom stereocenters. The molecule has 0 spiro atoms. The van der Waals surface area contributed by atoms with Crippen molar-refractivity contribution in [3.8, 4) is 0 Å². The molecule has 0 aliphatic rings. The molecule has 2 rings (SSSR count). The third kappa shape index (κ3) is 3.42. The molecule has 0 aliphatic heterocycles. The van der Waals surface area contributed by atoms with Crippen LogP contribution in [0.3, 0.4) is 0 Å². The first-order valence-electron chi connectivity index (χ1n) is 5.98. The molecule has 0 fully saturated rings. The van der Waals surface area contributed by atoms with Gasteiger partial charge in [0.1, 0.15) is 5.76 Å². The molecule has 5 heteroatoms. The number of rotatable bonds is 5. The molecule has 1 N–H and O–H groups in total. The molecule has 0 amide bonds. The summed E-state index contributed by atoms with van der Waals surface area (Å²) in [6.07, 6.45) is 3.61. The van der Waals surface area contributed by atoms with Crippen LogP contribution < -0.4 is 5.32 Å². The quantitative estimate of drug-likeness (QED) is 0.834. The lowest BCUT2D eigenvalue weighted by Gasteiger charge is -2.05. The Labute approximate surface area is 111 Å². The predicted molar refractivity (Wildman–Crippen MR) is 69.6 cm³/mol. The predicted octanol–water partition coefficient (Wildman–Crippen LogP) is 2.06. The van der Waals surface area contributed by atoms with E-state index >= 15 is 0 Å². The highest BCUT2D eigenvalue weighted by molar-refractivity contribution is 5.86. The van der Waals surface area contributed by atoms with E-state index in [2.05, 4.69) is 15.0 Å². The van der Waals surface area contributed by atoms with Crippen molar-refractivity contribution in [3.05, 3.63) is 53.2 Å². The minimum atomic E-state index is -0.464. The highest BCUT2D eigenvalue weighted by Crippen LogP contribution is 2.09. The largest absolute Gasteiger partial charge is 0.463 e. The highest BCUT2D eigenvalue weighted by Gasteiger charge is 2.10. The molecular formula is C14H16N2O3. The molecule has 5 nitrogen and oxygen atoms in total. The number of esters is 1. The highest BCUT2D eigenvalue weighted by atomic mass is 16.5. The summed E-state index contributed by atoms with van der Waals surface area (Å²) in [7, 11) is 1.33. The molecule has 0 bridgehead atoms. The first-order chi connectivity index (χ1) is 9.20. The number of aryl methyl sites for hydroxylation is 1. The van der Waals surface area contributed by atoms with Crippen LogP contribution in [0.25, 0.3) is 0 Å². The first kappa shape index (κ1) is 13.3. The number of furan rings is 1. The van der Waals surface area contributed by atoms with Crippen LogP contribution in [0.5, 0.6) is 0 Å². The summed E-state index contributed by atoms with van der Waals surface area (Å²) in [6.45, 7) is 3.29. The van der Waals surface area contributed by atoms with Gasteiger partial charge in [-0.25, -0.2) is 4.79 Å². The number of carbonyl (C=O) groups excluding carboxylic acids is 1. The summed E-state index contributed by atoms with van der Waals surface area (Å²) in [4.78, 5) is 15.3. The van der Waals surface area contributed by atoms with E-state index in [0.717, 1.165) is 5.56 Å². The minimum Gasteiger partial charge on any atom is -0.463 e. The van der Waals surface area contributed by atoms with Crippen LogP contribution in [0.4, 0.5) is 0 Å². The van der Waals surface area contributed by atoms with Crippen molar-refractivity contribution < 1.29 is 13.9 Å². The second-order valence-corrected chi connectivity index (χ2v) is 4.16. The van der Waals surface area contributed by atoms with E-state index in [4.69, 9.17) is 4.42 Å². The number of pyridine rings is 1. The fourth-order valence-electron chi connectivity index (χ4n) is 1.69. The van der Waals surface area contributed by atoms with Crippen LogP contribution in [-0.2, 0) is 17.8 Å². The molecule has 19 heavy (non-hydrogen) atoms. The number of carbonyl (C=O) groups is 1. The van der Waals surface area contributed by atoms with Crippen LogP contribution >= 0.6 is 0 Å². The number of hydrogen-bond donors (Lipinski definition) is 1. The van der Waals surface area contributed by atoms with Gasteiger partial charge in [0.25, 0.3) is 0 Å². The van der Waals surface area contributed by atoms with Gasteiger partial charge >= 0.3 is 5.97 Å². The number of methoxy groups -OCH3 is 1. The molecule has 2 aromatic rings. The fourth-order valence-corrected chi connectivity index (χ4v) is 1.69. The molecule has 100 valence electrons. The molecule has 0 aliphatic carbocycles. The number of ether oxygens (including phenoxy) is 1. The van der Waals surface area contributed by atoms with Gasteiger partial charge in [0, 0.05) is 18.9 Å². The van der Waals surface area contributed by atoms with Crippen molar-refractivity contribution in [2.75, 3.05) is 7.11 Å². The molecule has 0 saturated heterocycles. The van der Waals surface area contributed by atoms with Crippen LogP contribution in [0.15, 0.2) is 35.0 Å². The number of nitrogens with zero attached hydrogens (tertiary/aromatic N) is 1. The zero-order valence-electron chi connectivity index (χ0n) is 11.0. The maximum Gasteiger partial charge on any atom is 0.373 e. The lowest BCUT2D eigenvalue weighted by atomic mass is 10.1. The molecular weight excluding hydrogens is 244 g/mol. The smallest absolute Gasteiger partial charge is 0.373 e. The molecule has 0 atom stereocenters. The van der Waals surface area contributed by atoms with Crippen LogP contribution in [0.2, 0.25) is 0 Å². The Kier molecular flexibility index (Phi) is 4.30. The minimum absolute atomic E-state index is 0.219. The summed E-state index contributed by atoms with van der Waals surface area (Å²) >= 11 is 0. The van der Waals surface area contributed by atoms with Crippen LogP contribution in [0.1, 0.15) is 27.4 Å². The lowest BCUT2D eigenvalue weighted by Crippen LogP contribution is -2.13. The van der Waals surface area contributed by atoms with Crippen LogP contribution in [-0.4, -0.2) is 18.1 Å². The second kappa shape index (κ2) is 6.15. The van der Waals surface area contributed by atoms with E-state index in [9.17, 15) is 4.79 Å². The average Bonchev–Trinajstić information content (AvgIpc) is 2.89. The third-order valence-corrected chi connectivity index (χ3v) is 2.81. The SMILES string of the molecule is COC(=O)c1ccc(CNCc2cnccc2C)o1. The van der Waals surface area contributed by atoms with Crippen molar-refractivity contribution in [2.24, 2.45) is 0 Å². The van der Waals surface area contributed by atoms with Gasteiger partial charge in [0.2, 0.25) is 5.76 Å². The van der Waals surface area contributed by atoms with Gasteiger partial charge in [-0.1, -0.05) is 0 Å². The summed E-state index contributed by atoms with van der Waals surface area (Å²) in [5.41, 5.74) is 2.33. The van der Waals surface area contributed by atoms with E-state index in [1.54, 1.807) is 18.3 Å². The second-order valence-electron chi connectivity index (χ2n) is 4.16. The number of aromatic nitrogens is 1. The number of nitrogens with one attached hydrogen (secondary N) is 1. The topological polar surface area (TPSA) is 64.4 Å². The van der Waals surface area contributed by atoms with Gasteiger partial charge in [-0.3, -0.25) is 4.98 Å². The van der Waals surface area contributed by atoms with E-state index < -0.39 is 5.97 Å². The van der Waals surface area contributed by atoms with Crippen molar-refractivity contribution >= 4 is 5.97 Å². The average molecular weight is 260 g/mol. The monoisotopic (exact) mass is 260 g/mol. The summed E-state index contributed by atoms with van der Waals surface area (Å²) in [6, 6.07) is 5.34. The van der Waals surface area contributed by atoms with Gasteiger partial charge in [0.15, 0.2) is 0 Å². The van der Waals surface area contributed by atoms with Gasteiger partial charge < -0.3 is 14.5 Å². The Morgan fingerprint density at radius 2 is 2.21 bits per heavy atom. The van der Waals surface area contributed by atoms with Crippen molar-refractivity contribution in [3.63, 3.8) is 0 Å². The molecule has 2 aromatic heterocycles. The standard InChI is InChI=1S/C14H16N2O3/c1-10-5-6-15-7-11(10)8-16-9-12-3-4-13(19-12)14(17)18-2/h3-7,16H,8-9H2,1-2H3. The summed E-state index contributed by atoms with van der Waals surface area (Å²) in [5, 5.41) is 3.24. The molecule has 0 aromatic carbocycles. The third-order valence-electron chi connectivity index (χ3n) is 2.81. The van der Waals surface area contributed by atoms with Crippen LogP contribution in [0, 0.1) is 6.92 Å². The van der Waals surface area contributed by atoms with Gasteiger partial charge in [-0.2, -0.15) is 0 Å². The maximum atomic E-state index is 11.2.